The highest BCUT2D eigenvalue weighted by molar-refractivity contribution is 5.99. The van der Waals surface area contributed by atoms with E-state index < -0.39 is 12.1 Å². The third kappa shape index (κ3) is 10.7. The van der Waals surface area contributed by atoms with Crippen LogP contribution in [0.15, 0.2) is 54.6 Å². The van der Waals surface area contributed by atoms with Crippen LogP contribution >= 0.6 is 0 Å². The highest BCUT2D eigenvalue weighted by Gasteiger charge is 2.24. The second-order valence-electron chi connectivity index (χ2n) is 10.0. The second-order valence-corrected chi connectivity index (χ2v) is 10.0. The van der Waals surface area contributed by atoms with Crippen molar-refractivity contribution in [3.05, 3.63) is 71.3 Å². The predicted octanol–water partition coefficient (Wildman–Crippen LogP) is 5.21. The first-order valence-electron chi connectivity index (χ1n) is 14.0. The molecule has 0 saturated carbocycles. The molecular weight excluding hydrogens is 462 g/mol. The van der Waals surface area contributed by atoms with Crippen LogP contribution in [-0.4, -0.2) is 59.6 Å². The second kappa shape index (κ2) is 16.9. The number of aliphatic hydroxyl groups is 1. The van der Waals surface area contributed by atoms with Crippen molar-refractivity contribution in [3.63, 3.8) is 0 Å². The van der Waals surface area contributed by atoms with Gasteiger partial charge in [-0.15, -0.1) is 0 Å². The van der Waals surface area contributed by atoms with Crippen molar-refractivity contribution >= 4 is 11.8 Å². The lowest BCUT2D eigenvalue weighted by Gasteiger charge is -2.26. The summed E-state index contributed by atoms with van der Waals surface area (Å²) in [5.41, 5.74) is 1.98. The van der Waals surface area contributed by atoms with Gasteiger partial charge >= 0.3 is 0 Å². The molecule has 0 aliphatic carbocycles. The maximum absolute atomic E-state index is 13.3. The van der Waals surface area contributed by atoms with E-state index in [2.05, 4.69) is 38.3 Å². The van der Waals surface area contributed by atoms with Crippen molar-refractivity contribution in [1.82, 2.24) is 15.5 Å². The van der Waals surface area contributed by atoms with Gasteiger partial charge in [0.05, 0.1) is 12.1 Å². The van der Waals surface area contributed by atoms with Crippen molar-refractivity contribution in [2.45, 2.75) is 90.8 Å². The summed E-state index contributed by atoms with van der Waals surface area (Å²) in [6.45, 7) is 10.2. The van der Waals surface area contributed by atoms with Crippen LogP contribution in [0.25, 0.3) is 0 Å². The van der Waals surface area contributed by atoms with Crippen LogP contribution in [-0.2, 0) is 6.42 Å². The van der Waals surface area contributed by atoms with E-state index in [9.17, 15) is 14.7 Å². The van der Waals surface area contributed by atoms with Gasteiger partial charge in [0, 0.05) is 36.8 Å². The Bertz CT molecular complexity index is 928. The van der Waals surface area contributed by atoms with Gasteiger partial charge in [0.15, 0.2) is 0 Å². The van der Waals surface area contributed by atoms with Crippen LogP contribution in [0.1, 0.15) is 92.5 Å². The van der Waals surface area contributed by atoms with Crippen molar-refractivity contribution in [2.24, 2.45) is 0 Å². The zero-order valence-corrected chi connectivity index (χ0v) is 23.2. The van der Waals surface area contributed by atoms with E-state index in [4.69, 9.17) is 0 Å². The maximum Gasteiger partial charge on any atom is 0.253 e. The summed E-state index contributed by atoms with van der Waals surface area (Å²) in [7, 11) is 0. The fourth-order valence-electron chi connectivity index (χ4n) is 4.50. The van der Waals surface area contributed by atoms with Gasteiger partial charge in [0.2, 0.25) is 0 Å². The minimum absolute atomic E-state index is 0.0551. The molecule has 0 fully saturated rings. The number of carbonyl (C=O) groups excluding carboxylic acids is 2. The van der Waals surface area contributed by atoms with E-state index in [0.29, 0.717) is 43.2 Å². The number of benzene rings is 2. The summed E-state index contributed by atoms with van der Waals surface area (Å²) >= 11 is 0. The fraction of sp³-hybridized carbons (Fsp3) is 0.548. The molecule has 2 aromatic carbocycles. The number of carbonyl (C=O) groups is 2. The predicted molar refractivity (Wildman–Crippen MR) is 152 cm³/mol. The molecule has 0 saturated heterocycles. The summed E-state index contributed by atoms with van der Waals surface area (Å²) in [5.74, 6) is -0.344. The molecule has 0 aromatic heterocycles. The fourth-order valence-corrected chi connectivity index (χ4v) is 4.50. The van der Waals surface area contributed by atoms with E-state index in [1.54, 1.807) is 24.3 Å². The molecule has 3 atom stereocenters. The maximum atomic E-state index is 13.3. The van der Waals surface area contributed by atoms with Crippen LogP contribution in [0, 0.1) is 0 Å². The molecule has 2 aromatic rings. The number of hydrogen-bond acceptors (Lipinski definition) is 4. The largest absolute Gasteiger partial charge is 0.390 e. The number of nitrogens with one attached hydrogen (secondary N) is 2. The first kappa shape index (κ1) is 30.5. The number of aliphatic hydroxyl groups excluding tert-OH is 1. The summed E-state index contributed by atoms with van der Waals surface area (Å²) in [4.78, 5) is 28.2. The zero-order chi connectivity index (χ0) is 27.0. The quantitative estimate of drug-likeness (QED) is 0.256. The Morgan fingerprint density at radius 1 is 0.892 bits per heavy atom. The van der Waals surface area contributed by atoms with Gasteiger partial charge in [0.25, 0.3) is 11.8 Å². The molecule has 0 spiro atoms. The Labute approximate surface area is 223 Å². The van der Waals surface area contributed by atoms with E-state index in [1.165, 1.54) is 12.8 Å². The molecule has 0 heterocycles. The molecule has 0 bridgehead atoms. The van der Waals surface area contributed by atoms with E-state index in [0.717, 1.165) is 31.2 Å². The Morgan fingerprint density at radius 2 is 1.57 bits per heavy atom. The zero-order valence-electron chi connectivity index (χ0n) is 23.2. The molecule has 3 N–H and O–H groups in total. The van der Waals surface area contributed by atoms with Crippen LogP contribution in [0.2, 0.25) is 0 Å². The van der Waals surface area contributed by atoms with Gasteiger partial charge in [-0.3, -0.25) is 9.59 Å². The van der Waals surface area contributed by atoms with Gasteiger partial charge < -0.3 is 20.6 Å². The van der Waals surface area contributed by atoms with Crippen molar-refractivity contribution in [1.29, 1.82) is 0 Å². The molecule has 2 amide bonds. The third-order valence-corrected chi connectivity index (χ3v) is 6.64. The van der Waals surface area contributed by atoms with Crippen LogP contribution < -0.4 is 10.6 Å². The van der Waals surface area contributed by atoms with Gasteiger partial charge in [0.1, 0.15) is 0 Å². The topological polar surface area (TPSA) is 81.7 Å². The molecular formula is C31H47N3O3. The minimum atomic E-state index is -0.757. The molecule has 2 rings (SSSR count). The average Bonchev–Trinajstić information content (AvgIpc) is 2.91. The minimum Gasteiger partial charge on any atom is -0.390 e. The Hall–Kier alpha value is -2.70. The lowest BCUT2D eigenvalue weighted by molar-refractivity contribution is 0.0755. The lowest BCUT2D eigenvalue weighted by atomic mass is 9.99. The van der Waals surface area contributed by atoms with Gasteiger partial charge in [-0.05, 0) is 56.4 Å². The monoisotopic (exact) mass is 509 g/mol. The van der Waals surface area contributed by atoms with Crippen LogP contribution in [0.4, 0.5) is 0 Å². The standard InChI is InChI=1S/C31H47N3O3/c1-5-8-10-14-24(4)32-23-29(35)28(21-25-15-11-9-12-16-25)33-30(36)26-17-13-18-27(22-26)31(37)34(19-6-2)20-7-3/h9,11-13,15-18,22,24,28-29,32,35H,5-8,10,14,19-21,23H2,1-4H3,(H,33,36)/t24-,28-,29+/m0/s1. The highest BCUT2D eigenvalue weighted by atomic mass is 16.3. The number of nitrogens with zero attached hydrogens (tertiary/aromatic N) is 1. The number of amides is 2. The van der Waals surface area contributed by atoms with E-state index in [1.807, 2.05) is 35.2 Å². The van der Waals surface area contributed by atoms with Crippen LogP contribution in [0.5, 0.6) is 0 Å². The number of hydrogen-bond donors (Lipinski definition) is 3. The van der Waals surface area contributed by atoms with Crippen LogP contribution in [0.3, 0.4) is 0 Å². The van der Waals surface area contributed by atoms with E-state index >= 15 is 0 Å². The molecule has 0 radical (unpaired) electrons. The molecule has 6 heteroatoms. The van der Waals surface area contributed by atoms with Crippen molar-refractivity contribution in [3.8, 4) is 0 Å². The Balaban J connectivity index is 2.13. The van der Waals surface area contributed by atoms with Crippen molar-refractivity contribution in [2.75, 3.05) is 19.6 Å². The molecule has 0 unspecified atom stereocenters. The third-order valence-electron chi connectivity index (χ3n) is 6.64. The average molecular weight is 510 g/mol. The van der Waals surface area contributed by atoms with Gasteiger partial charge in [-0.2, -0.15) is 0 Å². The smallest absolute Gasteiger partial charge is 0.253 e. The van der Waals surface area contributed by atoms with Gasteiger partial charge in [-0.1, -0.05) is 76.4 Å². The number of unbranched alkanes of at least 4 members (excludes halogenated alkanes) is 2. The summed E-state index contributed by atoms with van der Waals surface area (Å²) in [6, 6.07) is 16.6. The highest BCUT2D eigenvalue weighted by Crippen LogP contribution is 2.13. The first-order valence-corrected chi connectivity index (χ1v) is 14.0. The molecule has 0 aliphatic heterocycles. The lowest BCUT2D eigenvalue weighted by Crippen LogP contribution is -2.49. The van der Waals surface area contributed by atoms with Gasteiger partial charge in [-0.25, -0.2) is 0 Å². The number of rotatable bonds is 17. The molecule has 0 aliphatic rings. The summed E-state index contributed by atoms with van der Waals surface area (Å²) in [6.07, 6.45) is 6.14. The Kier molecular flexibility index (Phi) is 14.0. The summed E-state index contributed by atoms with van der Waals surface area (Å²) in [5, 5.41) is 17.6. The SMILES string of the molecule is CCCCC[C@H](C)NC[C@@H](O)[C@H](Cc1ccccc1)NC(=O)c1cccc(C(=O)N(CCC)CCC)c1. The summed E-state index contributed by atoms with van der Waals surface area (Å²) < 4.78 is 0. The van der Waals surface area contributed by atoms with E-state index in [-0.39, 0.29) is 11.8 Å². The molecule has 37 heavy (non-hydrogen) atoms. The normalized spacial score (nSPS) is 13.5. The molecule has 6 nitrogen and oxygen atoms in total. The first-order chi connectivity index (χ1) is 17.9. The van der Waals surface area contributed by atoms with Crippen molar-refractivity contribution < 1.29 is 14.7 Å². The Morgan fingerprint density at radius 3 is 2.22 bits per heavy atom. The molecule has 204 valence electrons.